The molecule has 0 aliphatic heterocycles. The molecule has 0 unspecified atom stereocenters. The molecule has 0 fully saturated rings. The van der Waals surface area contributed by atoms with E-state index in [2.05, 4.69) is 27.0 Å². The first kappa shape index (κ1) is 13.5. The lowest BCUT2D eigenvalue weighted by molar-refractivity contribution is 0.804. The van der Waals surface area contributed by atoms with Crippen LogP contribution in [0.3, 0.4) is 0 Å². The molecule has 1 aromatic carbocycles. The fourth-order valence-corrected chi connectivity index (χ4v) is 2.07. The zero-order valence-corrected chi connectivity index (χ0v) is 11.5. The van der Waals surface area contributed by atoms with Gasteiger partial charge in [0.15, 0.2) is 0 Å². The van der Waals surface area contributed by atoms with Crippen LogP contribution < -0.4 is 10.6 Å². The van der Waals surface area contributed by atoms with Crippen LogP contribution in [0.4, 0.5) is 11.5 Å². The summed E-state index contributed by atoms with van der Waals surface area (Å²) in [6.45, 7) is 5.44. The van der Waals surface area contributed by atoms with Gasteiger partial charge in [0.1, 0.15) is 11.6 Å². The Balaban J connectivity index is 2.36. The second-order valence-electron chi connectivity index (χ2n) is 4.54. The number of aromatic nitrogens is 2. The fraction of sp³-hybridized carbons (Fsp3) is 0.333. The van der Waals surface area contributed by atoms with E-state index in [-0.39, 0.29) is 0 Å². The summed E-state index contributed by atoms with van der Waals surface area (Å²) in [5, 5.41) is 0. The van der Waals surface area contributed by atoms with Crippen LogP contribution in [-0.2, 0) is 0 Å². The Morgan fingerprint density at radius 3 is 2.47 bits per heavy atom. The quantitative estimate of drug-likeness (QED) is 0.893. The lowest BCUT2D eigenvalue weighted by Gasteiger charge is -2.24. The maximum atomic E-state index is 5.63. The van der Waals surface area contributed by atoms with Crippen molar-refractivity contribution in [1.82, 2.24) is 9.97 Å². The number of para-hydroxylation sites is 1. The SMILES string of the molecule is Cc1cc(N(CCCN)c2ccccc2)nc(C)n1. The molecule has 4 heteroatoms. The normalized spacial score (nSPS) is 10.5. The molecule has 0 aliphatic rings. The van der Waals surface area contributed by atoms with Crippen molar-refractivity contribution >= 4 is 11.5 Å². The van der Waals surface area contributed by atoms with Crippen LogP contribution in [0.5, 0.6) is 0 Å². The first-order valence-electron chi connectivity index (χ1n) is 6.55. The van der Waals surface area contributed by atoms with E-state index in [1.807, 2.05) is 38.1 Å². The zero-order chi connectivity index (χ0) is 13.7. The Labute approximate surface area is 114 Å². The Hall–Kier alpha value is -1.94. The van der Waals surface area contributed by atoms with E-state index in [0.29, 0.717) is 6.54 Å². The average molecular weight is 256 g/mol. The second kappa shape index (κ2) is 6.29. The number of rotatable bonds is 5. The smallest absolute Gasteiger partial charge is 0.136 e. The molecule has 0 atom stereocenters. The Morgan fingerprint density at radius 1 is 1.11 bits per heavy atom. The highest BCUT2D eigenvalue weighted by atomic mass is 15.2. The molecule has 0 saturated heterocycles. The molecular formula is C15H20N4. The van der Waals surface area contributed by atoms with E-state index in [4.69, 9.17) is 5.73 Å². The molecule has 19 heavy (non-hydrogen) atoms. The summed E-state index contributed by atoms with van der Waals surface area (Å²) in [7, 11) is 0. The Bertz CT molecular complexity index is 505. The third-order valence-corrected chi connectivity index (χ3v) is 2.88. The van der Waals surface area contributed by atoms with Gasteiger partial charge in [0.2, 0.25) is 0 Å². The van der Waals surface area contributed by atoms with Crippen molar-refractivity contribution in [3.05, 3.63) is 47.9 Å². The first-order valence-corrected chi connectivity index (χ1v) is 6.55. The second-order valence-corrected chi connectivity index (χ2v) is 4.54. The van der Waals surface area contributed by atoms with Crippen molar-refractivity contribution in [3.8, 4) is 0 Å². The maximum Gasteiger partial charge on any atom is 0.136 e. The molecule has 0 aliphatic carbocycles. The summed E-state index contributed by atoms with van der Waals surface area (Å²) in [5.74, 6) is 1.73. The summed E-state index contributed by atoms with van der Waals surface area (Å²) >= 11 is 0. The van der Waals surface area contributed by atoms with Crippen molar-refractivity contribution in [2.24, 2.45) is 5.73 Å². The van der Waals surface area contributed by atoms with Crippen LogP contribution in [-0.4, -0.2) is 23.1 Å². The van der Waals surface area contributed by atoms with E-state index >= 15 is 0 Å². The molecule has 0 radical (unpaired) electrons. The van der Waals surface area contributed by atoms with Gasteiger partial charge < -0.3 is 10.6 Å². The fourth-order valence-electron chi connectivity index (χ4n) is 2.07. The van der Waals surface area contributed by atoms with Gasteiger partial charge in [-0.1, -0.05) is 18.2 Å². The molecule has 2 rings (SSSR count). The highest BCUT2D eigenvalue weighted by Gasteiger charge is 2.11. The van der Waals surface area contributed by atoms with Crippen molar-refractivity contribution < 1.29 is 0 Å². The summed E-state index contributed by atoms with van der Waals surface area (Å²) in [4.78, 5) is 11.1. The van der Waals surface area contributed by atoms with Gasteiger partial charge >= 0.3 is 0 Å². The van der Waals surface area contributed by atoms with E-state index in [1.54, 1.807) is 0 Å². The van der Waals surface area contributed by atoms with Gasteiger partial charge in [-0.2, -0.15) is 0 Å². The average Bonchev–Trinajstić information content (AvgIpc) is 2.39. The molecular weight excluding hydrogens is 236 g/mol. The summed E-state index contributed by atoms with van der Waals surface area (Å²) < 4.78 is 0. The van der Waals surface area contributed by atoms with Crippen molar-refractivity contribution in [3.63, 3.8) is 0 Å². The van der Waals surface area contributed by atoms with Crippen LogP contribution in [0.2, 0.25) is 0 Å². The van der Waals surface area contributed by atoms with Gasteiger partial charge in [-0.3, -0.25) is 0 Å². The molecule has 2 N–H and O–H groups in total. The highest BCUT2D eigenvalue weighted by molar-refractivity contribution is 5.59. The third-order valence-electron chi connectivity index (χ3n) is 2.88. The number of benzene rings is 1. The van der Waals surface area contributed by atoms with E-state index < -0.39 is 0 Å². The van der Waals surface area contributed by atoms with Gasteiger partial charge in [0.05, 0.1) is 0 Å². The monoisotopic (exact) mass is 256 g/mol. The molecule has 0 bridgehead atoms. The summed E-state index contributed by atoms with van der Waals surface area (Å²) in [5.41, 5.74) is 7.75. The molecule has 0 amide bonds. The van der Waals surface area contributed by atoms with Crippen molar-refractivity contribution in [1.29, 1.82) is 0 Å². The van der Waals surface area contributed by atoms with Crippen molar-refractivity contribution in [2.75, 3.05) is 18.0 Å². The summed E-state index contributed by atoms with van der Waals surface area (Å²) in [6.07, 6.45) is 0.928. The van der Waals surface area contributed by atoms with Crippen LogP contribution in [0.1, 0.15) is 17.9 Å². The lowest BCUT2D eigenvalue weighted by Crippen LogP contribution is -2.22. The van der Waals surface area contributed by atoms with E-state index in [1.165, 1.54) is 0 Å². The topological polar surface area (TPSA) is 55.0 Å². The first-order chi connectivity index (χ1) is 9.20. The van der Waals surface area contributed by atoms with Gasteiger partial charge in [-0.15, -0.1) is 0 Å². The van der Waals surface area contributed by atoms with E-state index in [0.717, 1.165) is 36.0 Å². The molecule has 2 aromatic rings. The molecule has 0 saturated carbocycles. The molecule has 0 spiro atoms. The minimum atomic E-state index is 0.673. The Morgan fingerprint density at radius 2 is 1.84 bits per heavy atom. The van der Waals surface area contributed by atoms with Crippen LogP contribution in [0, 0.1) is 13.8 Å². The molecule has 100 valence electrons. The lowest BCUT2D eigenvalue weighted by atomic mass is 10.2. The number of anilines is 2. The largest absolute Gasteiger partial charge is 0.330 e. The number of nitrogens with zero attached hydrogens (tertiary/aromatic N) is 3. The van der Waals surface area contributed by atoms with Crippen LogP contribution in [0.15, 0.2) is 36.4 Å². The van der Waals surface area contributed by atoms with Gasteiger partial charge in [-0.25, -0.2) is 9.97 Å². The van der Waals surface area contributed by atoms with E-state index in [9.17, 15) is 0 Å². The van der Waals surface area contributed by atoms with Gasteiger partial charge in [-0.05, 0) is 38.9 Å². The van der Waals surface area contributed by atoms with Crippen molar-refractivity contribution in [2.45, 2.75) is 20.3 Å². The van der Waals surface area contributed by atoms with Gasteiger partial charge in [0.25, 0.3) is 0 Å². The minimum Gasteiger partial charge on any atom is -0.330 e. The van der Waals surface area contributed by atoms with Crippen LogP contribution >= 0.6 is 0 Å². The maximum absolute atomic E-state index is 5.63. The number of hydrogen-bond donors (Lipinski definition) is 1. The number of nitrogens with two attached hydrogens (primary N) is 1. The standard InChI is InChI=1S/C15H20N4/c1-12-11-15(18-13(2)17-12)19(10-6-9-16)14-7-4-3-5-8-14/h3-5,7-8,11H,6,9-10,16H2,1-2H3. The molecule has 4 nitrogen and oxygen atoms in total. The Kier molecular flexibility index (Phi) is 4.47. The van der Waals surface area contributed by atoms with Crippen LogP contribution in [0.25, 0.3) is 0 Å². The highest BCUT2D eigenvalue weighted by Crippen LogP contribution is 2.23. The van der Waals surface area contributed by atoms with Gasteiger partial charge in [0, 0.05) is 24.0 Å². The number of hydrogen-bond acceptors (Lipinski definition) is 4. The number of aryl methyl sites for hydroxylation is 2. The molecule has 1 aromatic heterocycles. The predicted octanol–water partition coefficient (Wildman–Crippen LogP) is 2.58. The predicted molar refractivity (Wildman–Crippen MR) is 78.6 cm³/mol. The minimum absolute atomic E-state index is 0.673. The third kappa shape index (κ3) is 3.51. The molecule has 1 heterocycles. The zero-order valence-electron chi connectivity index (χ0n) is 11.5. The summed E-state index contributed by atoms with van der Waals surface area (Å²) in [6, 6.07) is 12.3.